The normalized spacial score (nSPS) is 16.9. The number of carbonyl (C=O) groups is 1. The Kier molecular flexibility index (Phi) is 3.63. The van der Waals surface area contributed by atoms with Gasteiger partial charge in [0.1, 0.15) is 0 Å². The van der Waals surface area contributed by atoms with Gasteiger partial charge in [-0.1, -0.05) is 0 Å². The molecule has 0 radical (unpaired) electrons. The van der Waals surface area contributed by atoms with E-state index in [0.717, 1.165) is 12.1 Å². The maximum atomic E-state index is 12.4. The van der Waals surface area contributed by atoms with E-state index in [4.69, 9.17) is 0 Å². The predicted molar refractivity (Wildman–Crippen MR) is 64.9 cm³/mol. The molecule has 1 fully saturated rings. The number of carbonyl (C=O) groups excluding carboxylic acids is 1. The highest BCUT2D eigenvalue weighted by molar-refractivity contribution is 7.92. The highest BCUT2D eigenvalue weighted by Gasteiger charge is 2.46. The zero-order valence-corrected chi connectivity index (χ0v) is 11.0. The van der Waals surface area contributed by atoms with Gasteiger partial charge in [-0.15, -0.1) is 0 Å². The molecule has 0 unspecified atom stereocenters. The second-order valence-corrected chi connectivity index (χ2v) is 6.16. The van der Waals surface area contributed by atoms with Gasteiger partial charge in [-0.2, -0.15) is 13.2 Å². The molecule has 1 N–H and O–H groups in total. The van der Waals surface area contributed by atoms with Crippen LogP contribution >= 0.6 is 0 Å². The minimum atomic E-state index is -5.33. The molecule has 110 valence electrons. The zero-order chi connectivity index (χ0) is 15.0. The summed E-state index contributed by atoms with van der Waals surface area (Å²) in [4.78, 5) is 12.1. The number of hydrogen-bond donors (Lipinski definition) is 1. The van der Waals surface area contributed by atoms with E-state index in [1.165, 1.54) is 12.1 Å². The number of nitrogens with one attached hydrogen (secondary N) is 1. The molecular formula is C11H11F3N2O3S. The summed E-state index contributed by atoms with van der Waals surface area (Å²) in [6.07, 6.45) is 0. The molecule has 1 aromatic carbocycles. The lowest BCUT2D eigenvalue weighted by atomic mass is 10.2. The molecule has 0 spiro atoms. The average molecular weight is 308 g/mol. The van der Waals surface area contributed by atoms with E-state index in [2.05, 4.69) is 5.32 Å². The van der Waals surface area contributed by atoms with Crippen LogP contribution in [0.25, 0.3) is 0 Å². The minimum absolute atomic E-state index is 0.0887. The van der Waals surface area contributed by atoms with Crippen molar-refractivity contribution in [1.82, 2.24) is 5.32 Å². The summed E-state index contributed by atoms with van der Waals surface area (Å²) in [5.41, 5.74) is -4.82. The zero-order valence-electron chi connectivity index (χ0n) is 10.1. The van der Waals surface area contributed by atoms with Gasteiger partial charge in [0.2, 0.25) is 5.91 Å². The summed E-state index contributed by atoms with van der Waals surface area (Å²) in [5.74, 6) is -0.191. The maximum absolute atomic E-state index is 12.4. The molecule has 0 aliphatic carbocycles. The van der Waals surface area contributed by atoms with Crippen LogP contribution in [-0.4, -0.2) is 39.5 Å². The number of nitrogens with zero attached hydrogens (tertiary/aromatic N) is 1. The standard InChI is InChI=1S/C11H11F3N2O3S/c12-11(13,14)20(18,19)9-3-1-8(2-4-9)16-6-5-15-10(17)7-16/h1-4H,5-7H2,(H,15,17). The Morgan fingerprint density at radius 1 is 1.15 bits per heavy atom. The van der Waals surface area contributed by atoms with Crippen LogP contribution in [0.1, 0.15) is 0 Å². The van der Waals surface area contributed by atoms with Gasteiger partial charge in [0, 0.05) is 18.8 Å². The lowest BCUT2D eigenvalue weighted by Crippen LogP contribution is -2.47. The summed E-state index contributed by atoms with van der Waals surface area (Å²) in [7, 11) is -5.33. The number of hydrogen-bond acceptors (Lipinski definition) is 4. The molecule has 9 heteroatoms. The number of benzene rings is 1. The van der Waals surface area contributed by atoms with Gasteiger partial charge in [0.15, 0.2) is 0 Å². The number of alkyl halides is 3. The molecule has 20 heavy (non-hydrogen) atoms. The Bertz CT molecular complexity index is 611. The third kappa shape index (κ3) is 2.72. The third-order valence-corrected chi connectivity index (χ3v) is 4.36. The lowest BCUT2D eigenvalue weighted by molar-refractivity contribution is -0.120. The molecule has 0 aromatic heterocycles. The second kappa shape index (κ2) is 4.97. The van der Waals surface area contributed by atoms with Gasteiger partial charge in [0.25, 0.3) is 9.84 Å². The highest BCUT2D eigenvalue weighted by atomic mass is 32.2. The van der Waals surface area contributed by atoms with Gasteiger partial charge >= 0.3 is 5.51 Å². The molecule has 1 amide bonds. The van der Waals surface area contributed by atoms with E-state index < -0.39 is 20.2 Å². The van der Waals surface area contributed by atoms with Crippen LogP contribution in [0.3, 0.4) is 0 Å². The smallest absolute Gasteiger partial charge is 0.360 e. The van der Waals surface area contributed by atoms with Crippen molar-refractivity contribution in [2.45, 2.75) is 10.4 Å². The number of anilines is 1. The molecular weight excluding hydrogens is 297 g/mol. The topological polar surface area (TPSA) is 66.5 Å². The number of rotatable bonds is 2. The van der Waals surface area contributed by atoms with Gasteiger partial charge in [-0.3, -0.25) is 4.79 Å². The molecule has 1 aliphatic heterocycles. The molecule has 2 rings (SSSR count). The summed E-state index contributed by atoms with van der Waals surface area (Å²) in [6.45, 7) is 1.03. The van der Waals surface area contributed by atoms with Crippen LogP contribution in [0, 0.1) is 0 Å². The van der Waals surface area contributed by atoms with Crippen LogP contribution in [0.4, 0.5) is 18.9 Å². The van der Waals surface area contributed by atoms with Gasteiger partial charge < -0.3 is 10.2 Å². The highest BCUT2D eigenvalue weighted by Crippen LogP contribution is 2.31. The molecule has 0 bridgehead atoms. The van der Waals surface area contributed by atoms with E-state index in [1.54, 1.807) is 4.90 Å². The van der Waals surface area contributed by atoms with Crippen LogP contribution < -0.4 is 10.2 Å². The molecule has 0 saturated carbocycles. The van der Waals surface area contributed by atoms with Crippen LogP contribution in [0.2, 0.25) is 0 Å². The number of piperazine rings is 1. The van der Waals surface area contributed by atoms with E-state index in [9.17, 15) is 26.4 Å². The maximum Gasteiger partial charge on any atom is 0.501 e. The van der Waals surface area contributed by atoms with Crippen LogP contribution in [0.15, 0.2) is 29.2 Å². The fraction of sp³-hybridized carbons (Fsp3) is 0.364. The van der Waals surface area contributed by atoms with Crippen molar-refractivity contribution in [1.29, 1.82) is 0 Å². The number of amides is 1. The first-order valence-corrected chi connectivity index (χ1v) is 7.13. The van der Waals surface area contributed by atoms with Gasteiger partial charge in [-0.25, -0.2) is 8.42 Å². The lowest BCUT2D eigenvalue weighted by Gasteiger charge is -2.28. The monoisotopic (exact) mass is 308 g/mol. The Morgan fingerprint density at radius 3 is 2.25 bits per heavy atom. The fourth-order valence-corrected chi connectivity index (χ4v) is 2.59. The molecule has 1 aromatic rings. The SMILES string of the molecule is O=C1CN(c2ccc(S(=O)(=O)C(F)(F)F)cc2)CCN1. The number of halogens is 3. The van der Waals surface area contributed by atoms with E-state index in [-0.39, 0.29) is 12.5 Å². The van der Waals surface area contributed by atoms with E-state index in [0.29, 0.717) is 18.8 Å². The largest absolute Gasteiger partial charge is 0.501 e. The Labute approximate surface area is 113 Å². The van der Waals surface area contributed by atoms with Gasteiger partial charge in [0.05, 0.1) is 11.4 Å². The first kappa shape index (κ1) is 14.6. The summed E-state index contributed by atoms with van der Waals surface area (Å²) in [5, 5.41) is 2.61. The van der Waals surface area contributed by atoms with Crippen molar-refractivity contribution in [2.75, 3.05) is 24.5 Å². The van der Waals surface area contributed by atoms with Crippen molar-refractivity contribution in [3.05, 3.63) is 24.3 Å². The van der Waals surface area contributed by atoms with Crippen molar-refractivity contribution in [2.24, 2.45) is 0 Å². The van der Waals surface area contributed by atoms with Crippen LogP contribution in [-0.2, 0) is 14.6 Å². The van der Waals surface area contributed by atoms with Gasteiger partial charge in [-0.05, 0) is 24.3 Å². The third-order valence-electron chi connectivity index (χ3n) is 2.86. The minimum Gasteiger partial charge on any atom is -0.360 e. The van der Waals surface area contributed by atoms with Crippen molar-refractivity contribution < 1.29 is 26.4 Å². The van der Waals surface area contributed by atoms with E-state index in [1.807, 2.05) is 0 Å². The summed E-state index contributed by atoms with van der Waals surface area (Å²) >= 11 is 0. The summed E-state index contributed by atoms with van der Waals surface area (Å²) < 4.78 is 59.5. The molecule has 1 heterocycles. The Morgan fingerprint density at radius 2 is 1.75 bits per heavy atom. The van der Waals surface area contributed by atoms with Crippen LogP contribution in [0.5, 0.6) is 0 Å². The first-order valence-electron chi connectivity index (χ1n) is 5.65. The molecule has 1 saturated heterocycles. The quantitative estimate of drug-likeness (QED) is 0.882. The fourth-order valence-electron chi connectivity index (χ4n) is 1.83. The first-order chi connectivity index (χ1) is 9.22. The van der Waals surface area contributed by atoms with E-state index >= 15 is 0 Å². The summed E-state index contributed by atoms with van der Waals surface area (Å²) in [6, 6.07) is 4.31. The van der Waals surface area contributed by atoms with Crippen molar-refractivity contribution in [3.63, 3.8) is 0 Å². The van der Waals surface area contributed by atoms with Crippen molar-refractivity contribution in [3.8, 4) is 0 Å². The average Bonchev–Trinajstić information content (AvgIpc) is 2.37. The van der Waals surface area contributed by atoms with Crippen molar-refractivity contribution >= 4 is 21.4 Å². The second-order valence-electron chi connectivity index (χ2n) is 4.21. The predicted octanol–water partition coefficient (Wildman–Crippen LogP) is 0.916. The molecule has 5 nitrogen and oxygen atoms in total. The molecule has 1 aliphatic rings. The Hall–Kier alpha value is -1.77. The molecule has 0 atom stereocenters. The number of sulfone groups is 1. The Balaban J connectivity index is 2.25.